The van der Waals surface area contributed by atoms with E-state index in [0.717, 1.165) is 37.9 Å². The number of amides is 1. The fourth-order valence-corrected chi connectivity index (χ4v) is 3.75. The Balaban J connectivity index is 1.57. The highest BCUT2D eigenvalue weighted by Gasteiger charge is 2.26. The van der Waals surface area contributed by atoms with Gasteiger partial charge in [-0.2, -0.15) is 0 Å². The van der Waals surface area contributed by atoms with E-state index >= 15 is 0 Å². The Labute approximate surface area is 172 Å². The monoisotopic (exact) mass is 401 g/mol. The molecular weight excluding hydrogens is 370 g/mol. The molecule has 0 saturated carbocycles. The molecule has 1 saturated heterocycles. The summed E-state index contributed by atoms with van der Waals surface area (Å²) in [6.07, 6.45) is 3.25. The summed E-state index contributed by atoms with van der Waals surface area (Å²) < 4.78 is 10.9. The molecule has 1 fully saturated rings. The molecule has 0 spiro atoms. The number of carbonyl (C=O) groups excluding carboxylic acids is 1. The summed E-state index contributed by atoms with van der Waals surface area (Å²) in [4.78, 5) is 23.3. The second kappa shape index (κ2) is 10.2. The van der Waals surface area contributed by atoms with Gasteiger partial charge >= 0.3 is 0 Å². The van der Waals surface area contributed by atoms with Crippen molar-refractivity contribution in [1.29, 1.82) is 0 Å². The van der Waals surface area contributed by atoms with Crippen molar-refractivity contribution in [3.8, 4) is 0 Å². The van der Waals surface area contributed by atoms with Gasteiger partial charge < -0.3 is 24.0 Å². The number of hydrogen-bond acceptors (Lipinski definition) is 5. The minimum Gasteiger partial charge on any atom is -0.468 e. The molecule has 0 aromatic carbocycles. The van der Waals surface area contributed by atoms with Crippen LogP contribution in [0.2, 0.25) is 0 Å². The molecule has 158 valence electrons. The van der Waals surface area contributed by atoms with E-state index < -0.39 is 0 Å². The zero-order valence-corrected chi connectivity index (χ0v) is 17.5. The van der Waals surface area contributed by atoms with Crippen LogP contribution in [-0.2, 0) is 0 Å². The molecule has 1 amide bonds. The first-order chi connectivity index (χ1) is 14.2. The molecular formula is C21H31N5O3. The Morgan fingerprint density at radius 3 is 2.31 bits per heavy atom. The molecule has 1 atom stereocenters. The fraction of sp³-hybridized carbons (Fsp3) is 0.524. The average Bonchev–Trinajstić information content (AvgIpc) is 3.48. The van der Waals surface area contributed by atoms with Crippen LogP contribution < -0.4 is 5.32 Å². The smallest absolute Gasteiger partial charge is 0.289 e. The molecule has 3 rings (SSSR count). The van der Waals surface area contributed by atoms with Gasteiger partial charge in [-0.3, -0.25) is 14.7 Å². The molecule has 2 aromatic heterocycles. The van der Waals surface area contributed by atoms with Crippen LogP contribution in [0.15, 0.2) is 50.6 Å². The average molecular weight is 402 g/mol. The standard InChI is InChI=1S/C21H31N5O3/c1-4-24(5-2)17(18-8-6-14-28-18)16-23-21(22-3)26-12-10-25(11-13-26)20(27)19-9-7-15-29-19/h6-9,14-15,17H,4-5,10-13,16H2,1-3H3,(H,22,23). The third-order valence-electron chi connectivity index (χ3n) is 5.39. The first-order valence-corrected chi connectivity index (χ1v) is 10.2. The van der Waals surface area contributed by atoms with Gasteiger partial charge in [0.05, 0.1) is 18.6 Å². The van der Waals surface area contributed by atoms with E-state index in [4.69, 9.17) is 8.83 Å². The van der Waals surface area contributed by atoms with E-state index in [9.17, 15) is 4.79 Å². The summed E-state index contributed by atoms with van der Waals surface area (Å²) in [6, 6.07) is 7.53. The van der Waals surface area contributed by atoms with Crippen molar-refractivity contribution in [2.75, 3.05) is 52.9 Å². The van der Waals surface area contributed by atoms with Crippen molar-refractivity contribution >= 4 is 11.9 Å². The van der Waals surface area contributed by atoms with Crippen LogP contribution in [0.5, 0.6) is 0 Å². The minimum atomic E-state index is -0.0583. The number of likely N-dealkylation sites (N-methyl/N-ethyl adjacent to an activating group) is 1. The molecule has 1 N–H and O–H groups in total. The maximum Gasteiger partial charge on any atom is 0.289 e. The number of aliphatic imine (C=N–C) groups is 1. The van der Waals surface area contributed by atoms with Crippen molar-refractivity contribution in [3.05, 3.63) is 48.3 Å². The first-order valence-electron chi connectivity index (χ1n) is 10.2. The van der Waals surface area contributed by atoms with Crippen LogP contribution in [0.3, 0.4) is 0 Å². The summed E-state index contributed by atoms with van der Waals surface area (Å²) in [5, 5.41) is 3.50. The van der Waals surface area contributed by atoms with Crippen molar-refractivity contribution in [2.45, 2.75) is 19.9 Å². The van der Waals surface area contributed by atoms with Crippen molar-refractivity contribution < 1.29 is 13.6 Å². The van der Waals surface area contributed by atoms with Gasteiger partial charge in [-0.15, -0.1) is 0 Å². The summed E-state index contributed by atoms with van der Waals surface area (Å²) in [6.45, 7) is 9.62. The number of piperazine rings is 1. The second-order valence-electron chi connectivity index (χ2n) is 6.94. The largest absolute Gasteiger partial charge is 0.468 e. The van der Waals surface area contributed by atoms with Gasteiger partial charge in [-0.05, 0) is 37.4 Å². The third kappa shape index (κ3) is 5.00. The van der Waals surface area contributed by atoms with Crippen molar-refractivity contribution in [1.82, 2.24) is 20.0 Å². The predicted octanol–water partition coefficient (Wildman–Crippen LogP) is 2.29. The highest BCUT2D eigenvalue weighted by Crippen LogP contribution is 2.20. The van der Waals surface area contributed by atoms with Gasteiger partial charge in [0.1, 0.15) is 5.76 Å². The Kier molecular flexibility index (Phi) is 7.35. The summed E-state index contributed by atoms with van der Waals surface area (Å²) >= 11 is 0. The van der Waals surface area contributed by atoms with Crippen LogP contribution >= 0.6 is 0 Å². The lowest BCUT2D eigenvalue weighted by Gasteiger charge is -2.37. The number of furan rings is 2. The topological polar surface area (TPSA) is 77.5 Å². The van der Waals surface area contributed by atoms with E-state index in [2.05, 4.69) is 34.0 Å². The maximum absolute atomic E-state index is 12.4. The SMILES string of the molecule is CCN(CC)C(CNC(=NC)N1CCN(C(=O)c2ccco2)CC1)c1ccco1. The molecule has 8 nitrogen and oxygen atoms in total. The molecule has 0 aliphatic carbocycles. The zero-order valence-electron chi connectivity index (χ0n) is 17.5. The molecule has 1 aliphatic heterocycles. The van der Waals surface area contributed by atoms with Gasteiger partial charge in [0.25, 0.3) is 5.91 Å². The van der Waals surface area contributed by atoms with Crippen LogP contribution in [0.1, 0.15) is 36.2 Å². The van der Waals surface area contributed by atoms with Crippen molar-refractivity contribution in [2.24, 2.45) is 4.99 Å². The molecule has 1 aliphatic rings. The number of guanidine groups is 1. The van der Waals surface area contributed by atoms with Gasteiger partial charge in [-0.1, -0.05) is 13.8 Å². The van der Waals surface area contributed by atoms with E-state index in [-0.39, 0.29) is 11.9 Å². The Hall–Kier alpha value is -2.74. The van der Waals surface area contributed by atoms with Gasteiger partial charge in [0.15, 0.2) is 11.7 Å². The molecule has 0 bridgehead atoms. The highest BCUT2D eigenvalue weighted by atomic mass is 16.3. The lowest BCUT2D eigenvalue weighted by atomic mass is 10.2. The third-order valence-corrected chi connectivity index (χ3v) is 5.39. The zero-order chi connectivity index (χ0) is 20.6. The molecule has 2 aromatic rings. The Morgan fingerprint density at radius 2 is 1.76 bits per heavy atom. The molecule has 3 heterocycles. The van der Waals surface area contributed by atoms with E-state index in [1.807, 2.05) is 17.0 Å². The van der Waals surface area contributed by atoms with Gasteiger partial charge in [0, 0.05) is 39.8 Å². The molecule has 29 heavy (non-hydrogen) atoms. The molecule has 8 heteroatoms. The van der Waals surface area contributed by atoms with Gasteiger partial charge in [0.2, 0.25) is 0 Å². The Morgan fingerprint density at radius 1 is 1.10 bits per heavy atom. The quantitative estimate of drug-likeness (QED) is 0.567. The number of carbonyl (C=O) groups is 1. The predicted molar refractivity (Wildman–Crippen MR) is 112 cm³/mol. The van der Waals surface area contributed by atoms with Crippen LogP contribution in [0.25, 0.3) is 0 Å². The van der Waals surface area contributed by atoms with Gasteiger partial charge in [-0.25, -0.2) is 0 Å². The summed E-state index contributed by atoms with van der Waals surface area (Å²) in [5.41, 5.74) is 0. The second-order valence-corrected chi connectivity index (χ2v) is 6.94. The highest BCUT2D eigenvalue weighted by molar-refractivity contribution is 5.91. The lowest BCUT2D eigenvalue weighted by Crippen LogP contribution is -2.54. The molecule has 0 radical (unpaired) electrons. The van der Waals surface area contributed by atoms with Crippen molar-refractivity contribution in [3.63, 3.8) is 0 Å². The first kappa shape index (κ1) is 21.0. The Bertz CT molecular complexity index is 760. The van der Waals surface area contributed by atoms with Crippen LogP contribution in [0, 0.1) is 0 Å². The normalized spacial score (nSPS) is 16.3. The summed E-state index contributed by atoms with van der Waals surface area (Å²) in [5.74, 6) is 2.13. The fourth-order valence-electron chi connectivity index (χ4n) is 3.75. The number of nitrogens with one attached hydrogen (secondary N) is 1. The van der Waals surface area contributed by atoms with E-state index in [1.54, 1.807) is 25.4 Å². The number of rotatable bonds is 7. The summed E-state index contributed by atoms with van der Waals surface area (Å²) in [7, 11) is 1.79. The number of nitrogens with zero attached hydrogens (tertiary/aromatic N) is 4. The minimum absolute atomic E-state index is 0.0583. The lowest BCUT2D eigenvalue weighted by molar-refractivity contribution is 0.0657. The van der Waals surface area contributed by atoms with E-state index in [1.165, 1.54) is 6.26 Å². The van der Waals surface area contributed by atoms with Crippen LogP contribution in [-0.4, -0.2) is 79.4 Å². The maximum atomic E-state index is 12.4. The number of hydrogen-bond donors (Lipinski definition) is 1. The van der Waals surface area contributed by atoms with E-state index in [0.29, 0.717) is 25.4 Å². The van der Waals surface area contributed by atoms with Crippen LogP contribution in [0.4, 0.5) is 0 Å². The molecule has 1 unspecified atom stereocenters.